The van der Waals surface area contributed by atoms with Crippen LogP contribution in [0.4, 0.5) is 0 Å². The van der Waals surface area contributed by atoms with Crippen molar-refractivity contribution < 1.29 is 9.53 Å². The molecular weight excluding hydrogens is 356 g/mol. The van der Waals surface area contributed by atoms with Crippen molar-refractivity contribution in [3.05, 3.63) is 0 Å². The van der Waals surface area contributed by atoms with E-state index in [0.717, 1.165) is 59.7 Å². The number of carbonyl (C=O) groups excluding carboxylic acids is 1. The standard InChI is InChI=1S/C27H40O2/c28-23-14-20(10-13-29-23)26-11-8-18(15-26)25-24(26)19-9-12-27(25,16-19)22-7-3-5-17-4-1-2-6-21(17)22/h17-22,24-25H,1-16H2. The van der Waals surface area contributed by atoms with Gasteiger partial charge in [-0.25, -0.2) is 0 Å². The number of cyclic esters (lactones) is 1. The summed E-state index contributed by atoms with van der Waals surface area (Å²) in [5.74, 6) is 8.01. The maximum Gasteiger partial charge on any atom is 0.306 e. The lowest BCUT2D eigenvalue weighted by Crippen LogP contribution is -2.49. The van der Waals surface area contributed by atoms with Crippen LogP contribution in [0.5, 0.6) is 0 Å². The molecule has 10 atom stereocenters. The van der Waals surface area contributed by atoms with E-state index in [1.165, 1.54) is 44.9 Å². The lowest BCUT2D eigenvalue weighted by atomic mass is 9.50. The first-order valence-electron chi connectivity index (χ1n) is 13.4. The largest absolute Gasteiger partial charge is 0.466 e. The van der Waals surface area contributed by atoms with Crippen LogP contribution >= 0.6 is 0 Å². The van der Waals surface area contributed by atoms with E-state index in [-0.39, 0.29) is 5.97 Å². The van der Waals surface area contributed by atoms with Crippen LogP contribution in [0.3, 0.4) is 0 Å². The van der Waals surface area contributed by atoms with Gasteiger partial charge in [0.25, 0.3) is 0 Å². The lowest BCUT2D eigenvalue weighted by Gasteiger charge is -2.55. The van der Waals surface area contributed by atoms with Gasteiger partial charge in [0.1, 0.15) is 0 Å². The summed E-state index contributed by atoms with van der Waals surface area (Å²) in [7, 11) is 0. The van der Waals surface area contributed by atoms with Crippen molar-refractivity contribution in [3.63, 3.8) is 0 Å². The molecular formula is C27H40O2. The zero-order chi connectivity index (χ0) is 19.2. The number of hydrogen-bond acceptors (Lipinski definition) is 2. The second-order valence-corrected chi connectivity index (χ2v) is 12.7. The number of fused-ring (bicyclic) bond motifs is 10. The third-order valence-electron chi connectivity index (χ3n) is 12.2. The van der Waals surface area contributed by atoms with E-state index in [1.807, 2.05) is 0 Å². The molecule has 6 aliphatic carbocycles. The summed E-state index contributed by atoms with van der Waals surface area (Å²) in [4.78, 5) is 12.2. The monoisotopic (exact) mass is 396 g/mol. The number of carbonyl (C=O) groups is 1. The Morgan fingerprint density at radius 2 is 1.45 bits per heavy atom. The summed E-state index contributed by atoms with van der Waals surface area (Å²) < 4.78 is 5.38. The van der Waals surface area contributed by atoms with Crippen molar-refractivity contribution in [2.45, 2.75) is 96.3 Å². The second kappa shape index (κ2) is 6.26. The molecule has 7 aliphatic rings. The first kappa shape index (κ1) is 18.1. The minimum absolute atomic E-state index is 0.109. The SMILES string of the molecule is O=C1CC(C23CCC(C2)C2C3C3CCC2(C2CCCC4CCCCC42)C3)CCO1. The average molecular weight is 397 g/mol. The van der Waals surface area contributed by atoms with Gasteiger partial charge >= 0.3 is 5.97 Å². The topological polar surface area (TPSA) is 26.3 Å². The molecule has 160 valence electrons. The molecule has 1 aliphatic heterocycles. The van der Waals surface area contributed by atoms with Crippen molar-refractivity contribution in [1.82, 2.24) is 0 Å². The summed E-state index contributed by atoms with van der Waals surface area (Å²) in [5, 5.41) is 0. The fraction of sp³-hybridized carbons (Fsp3) is 0.963. The van der Waals surface area contributed by atoms with Gasteiger partial charge < -0.3 is 4.74 Å². The number of hydrogen-bond donors (Lipinski definition) is 0. The first-order valence-corrected chi connectivity index (χ1v) is 13.4. The molecule has 10 unspecified atom stereocenters. The highest BCUT2D eigenvalue weighted by Gasteiger charge is 2.74. The van der Waals surface area contributed by atoms with Gasteiger partial charge in [0.05, 0.1) is 6.61 Å². The van der Waals surface area contributed by atoms with Gasteiger partial charge in [-0.3, -0.25) is 4.79 Å². The van der Waals surface area contributed by atoms with Crippen LogP contribution in [0.25, 0.3) is 0 Å². The summed E-state index contributed by atoms with van der Waals surface area (Å²) in [5.41, 5.74) is 1.25. The molecule has 2 nitrogen and oxygen atoms in total. The summed E-state index contributed by atoms with van der Waals surface area (Å²) in [6.07, 6.45) is 21.8. The molecule has 6 saturated carbocycles. The molecule has 29 heavy (non-hydrogen) atoms. The van der Waals surface area contributed by atoms with E-state index < -0.39 is 0 Å². The predicted molar refractivity (Wildman–Crippen MR) is 113 cm³/mol. The highest BCUT2D eigenvalue weighted by molar-refractivity contribution is 5.70. The molecule has 2 heteroatoms. The lowest BCUT2D eigenvalue weighted by molar-refractivity contribution is -0.154. The van der Waals surface area contributed by atoms with Gasteiger partial charge in [0, 0.05) is 6.42 Å². The quantitative estimate of drug-likeness (QED) is 0.400. The van der Waals surface area contributed by atoms with E-state index in [9.17, 15) is 4.79 Å². The number of esters is 1. The number of ether oxygens (including phenoxy) is 1. The van der Waals surface area contributed by atoms with Crippen LogP contribution in [0, 0.1) is 58.2 Å². The Bertz CT molecular complexity index is 699. The minimum atomic E-state index is 0.109. The maximum absolute atomic E-state index is 12.2. The van der Waals surface area contributed by atoms with E-state index >= 15 is 0 Å². The fourth-order valence-electron chi connectivity index (χ4n) is 11.8. The molecule has 4 bridgehead atoms. The van der Waals surface area contributed by atoms with Crippen molar-refractivity contribution in [2.75, 3.05) is 6.61 Å². The van der Waals surface area contributed by atoms with Gasteiger partial charge in [0.15, 0.2) is 0 Å². The maximum atomic E-state index is 12.2. The molecule has 1 saturated heterocycles. The molecule has 0 aromatic heterocycles. The smallest absolute Gasteiger partial charge is 0.306 e. The van der Waals surface area contributed by atoms with Crippen LogP contribution in [-0.4, -0.2) is 12.6 Å². The van der Waals surface area contributed by atoms with E-state index in [0.29, 0.717) is 17.9 Å². The third kappa shape index (κ3) is 2.28. The fourth-order valence-corrected chi connectivity index (χ4v) is 11.8. The van der Waals surface area contributed by atoms with E-state index in [2.05, 4.69) is 0 Å². The van der Waals surface area contributed by atoms with Gasteiger partial charge in [-0.2, -0.15) is 0 Å². The van der Waals surface area contributed by atoms with Crippen molar-refractivity contribution >= 4 is 5.97 Å². The Kier molecular flexibility index (Phi) is 3.90. The Morgan fingerprint density at radius 3 is 2.31 bits per heavy atom. The summed E-state index contributed by atoms with van der Waals surface area (Å²) in [6.45, 7) is 0.704. The molecule has 1 heterocycles. The predicted octanol–water partition coefficient (Wildman–Crippen LogP) is 6.38. The molecule has 0 radical (unpaired) electrons. The molecule has 7 rings (SSSR count). The zero-order valence-corrected chi connectivity index (χ0v) is 18.2. The van der Waals surface area contributed by atoms with Gasteiger partial charge in [-0.1, -0.05) is 32.1 Å². The molecule has 0 aromatic carbocycles. The van der Waals surface area contributed by atoms with Gasteiger partial charge in [-0.15, -0.1) is 0 Å². The van der Waals surface area contributed by atoms with Crippen molar-refractivity contribution in [1.29, 1.82) is 0 Å². The van der Waals surface area contributed by atoms with Crippen LogP contribution < -0.4 is 0 Å². The Hall–Kier alpha value is -0.530. The van der Waals surface area contributed by atoms with Crippen LogP contribution in [0.2, 0.25) is 0 Å². The normalized spacial score (nSPS) is 58.1. The van der Waals surface area contributed by atoms with E-state index in [1.54, 1.807) is 38.5 Å². The highest BCUT2D eigenvalue weighted by Crippen LogP contribution is 2.81. The summed E-state index contributed by atoms with van der Waals surface area (Å²) in [6, 6.07) is 0. The van der Waals surface area contributed by atoms with Gasteiger partial charge in [-0.05, 0) is 116 Å². The van der Waals surface area contributed by atoms with Crippen molar-refractivity contribution in [2.24, 2.45) is 58.2 Å². The van der Waals surface area contributed by atoms with Gasteiger partial charge in [0.2, 0.25) is 0 Å². The Balaban J connectivity index is 1.24. The molecule has 0 spiro atoms. The van der Waals surface area contributed by atoms with Crippen LogP contribution in [0.1, 0.15) is 96.3 Å². The third-order valence-corrected chi connectivity index (χ3v) is 12.2. The minimum Gasteiger partial charge on any atom is -0.466 e. The zero-order valence-electron chi connectivity index (χ0n) is 18.2. The van der Waals surface area contributed by atoms with Crippen LogP contribution in [-0.2, 0) is 9.53 Å². The van der Waals surface area contributed by atoms with E-state index in [4.69, 9.17) is 4.74 Å². The Morgan fingerprint density at radius 1 is 0.724 bits per heavy atom. The highest BCUT2D eigenvalue weighted by atomic mass is 16.5. The summed E-state index contributed by atoms with van der Waals surface area (Å²) >= 11 is 0. The molecule has 0 N–H and O–H groups in total. The van der Waals surface area contributed by atoms with Crippen molar-refractivity contribution in [3.8, 4) is 0 Å². The molecule has 7 fully saturated rings. The average Bonchev–Trinajstić information content (AvgIpc) is 3.52. The Labute approximate surface area is 176 Å². The first-order chi connectivity index (χ1) is 14.2. The van der Waals surface area contributed by atoms with Crippen LogP contribution in [0.15, 0.2) is 0 Å². The molecule has 0 amide bonds. The molecule has 0 aromatic rings. The number of rotatable bonds is 2. The second-order valence-electron chi connectivity index (χ2n) is 12.7.